The number of likely N-dealkylation sites (N-methyl/N-ethyl adjacent to an activating group) is 1. The Morgan fingerprint density at radius 1 is 1.24 bits per heavy atom. The minimum Gasteiger partial charge on any atom is -0.384 e. The number of benzene rings is 1. The van der Waals surface area contributed by atoms with Crippen LogP contribution in [0.3, 0.4) is 0 Å². The summed E-state index contributed by atoms with van der Waals surface area (Å²) >= 11 is 0. The second-order valence-electron chi connectivity index (χ2n) is 4.97. The summed E-state index contributed by atoms with van der Waals surface area (Å²) in [5, 5.41) is 3.37. The van der Waals surface area contributed by atoms with Gasteiger partial charge in [-0.2, -0.15) is 0 Å². The quantitative estimate of drug-likeness (QED) is 0.821. The summed E-state index contributed by atoms with van der Waals surface area (Å²) in [5.74, 6) is 0.551. The molecular weight excluding hydrogens is 262 g/mol. The average Bonchev–Trinajstić information content (AvgIpc) is 2.51. The Kier molecular flexibility index (Phi) is 5.72. The molecule has 0 aliphatic heterocycles. The van der Waals surface area contributed by atoms with Gasteiger partial charge in [0.15, 0.2) is 0 Å². The first kappa shape index (κ1) is 15.5. The van der Waals surface area contributed by atoms with Gasteiger partial charge in [0.05, 0.1) is 6.10 Å². The van der Waals surface area contributed by atoms with Crippen molar-refractivity contribution in [2.24, 2.45) is 0 Å². The van der Waals surface area contributed by atoms with E-state index in [0.29, 0.717) is 12.4 Å². The molecule has 4 heteroatoms. The van der Waals surface area contributed by atoms with Gasteiger partial charge in [-0.1, -0.05) is 30.3 Å². The van der Waals surface area contributed by atoms with E-state index >= 15 is 0 Å². The topological polar surface area (TPSA) is 60.2 Å². The van der Waals surface area contributed by atoms with Gasteiger partial charge < -0.3 is 15.8 Å². The molecule has 1 aromatic carbocycles. The van der Waals surface area contributed by atoms with Crippen LogP contribution in [0, 0.1) is 0 Å². The molecule has 1 heterocycles. The summed E-state index contributed by atoms with van der Waals surface area (Å²) < 4.78 is 5.97. The van der Waals surface area contributed by atoms with Gasteiger partial charge in [-0.25, -0.2) is 4.98 Å². The number of nitrogen functional groups attached to an aromatic ring is 1. The van der Waals surface area contributed by atoms with E-state index < -0.39 is 0 Å². The molecule has 2 unspecified atom stereocenters. The molecule has 0 spiro atoms. The summed E-state index contributed by atoms with van der Waals surface area (Å²) in [6.07, 6.45) is 2.59. The Hall–Kier alpha value is -1.91. The fraction of sp³-hybridized carbons (Fsp3) is 0.353. The van der Waals surface area contributed by atoms with Crippen LogP contribution in [-0.2, 0) is 11.2 Å². The minimum atomic E-state index is 0.00981. The van der Waals surface area contributed by atoms with E-state index in [1.54, 1.807) is 6.20 Å². The number of nitrogens with two attached hydrogens (primary N) is 1. The third-order valence-corrected chi connectivity index (χ3v) is 3.51. The Bertz CT molecular complexity index is 545. The maximum atomic E-state index is 5.97. The number of aromatic nitrogens is 1. The van der Waals surface area contributed by atoms with Crippen LogP contribution in [0.4, 0.5) is 5.82 Å². The first-order valence-corrected chi connectivity index (χ1v) is 7.28. The van der Waals surface area contributed by atoms with E-state index in [2.05, 4.69) is 22.4 Å². The molecular formula is C17H23N3O. The van der Waals surface area contributed by atoms with Crippen LogP contribution in [-0.4, -0.2) is 24.7 Å². The van der Waals surface area contributed by atoms with Crippen molar-refractivity contribution < 1.29 is 4.74 Å². The van der Waals surface area contributed by atoms with Gasteiger partial charge in [-0.3, -0.25) is 0 Å². The molecule has 0 fully saturated rings. The van der Waals surface area contributed by atoms with Crippen LogP contribution in [0.25, 0.3) is 0 Å². The molecule has 0 radical (unpaired) electrons. The highest BCUT2D eigenvalue weighted by molar-refractivity contribution is 5.32. The van der Waals surface area contributed by atoms with Crippen LogP contribution in [0.1, 0.15) is 24.2 Å². The van der Waals surface area contributed by atoms with Gasteiger partial charge in [0.1, 0.15) is 5.82 Å². The van der Waals surface area contributed by atoms with Gasteiger partial charge in [-0.15, -0.1) is 0 Å². The summed E-state index contributed by atoms with van der Waals surface area (Å²) in [6, 6.07) is 14.4. The Morgan fingerprint density at radius 3 is 2.62 bits per heavy atom. The zero-order valence-corrected chi connectivity index (χ0v) is 12.6. The van der Waals surface area contributed by atoms with Crippen molar-refractivity contribution in [2.75, 3.05) is 19.4 Å². The predicted molar refractivity (Wildman–Crippen MR) is 86.0 cm³/mol. The van der Waals surface area contributed by atoms with Crippen molar-refractivity contribution in [1.82, 2.24) is 10.3 Å². The normalized spacial score (nSPS) is 13.8. The number of nitrogens with one attached hydrogen (secondary N) is 1. The fourth-order valence-corrected chi connectivity index (χ4v) is 2.50. The summed E-state index contributed by atoms with van der Waals surface area (Å²) in [5.41, 5.74) is 8.10. The molecule has 1 aromatic heterocycles. The monoisotopic (exact) mass is 285 g/mol. The van der Waals surface area contributed by atoms with Gasteiger partial charge in [0, 0.05) is 18.8 Å². The van der Waals surface area contributed by atoms with Gasteiger partial charge in [0.25, 0.3) is 0 Å². The number of ether oxygens (including phenoxy) is 1. The van der Waals surface area contributed by atoms with Gasteiger partial charge >= 0.3 is 0 Å². The van der Waals surface area contributed by atoms with Crippen molar-refractivity contribution in [3.63, 3.8) is 0 Å². The number of anilines is 1. The molecule has 2 aromatic rings. The number of hydrogen-bond acceptors (Lipinski definition) is 4. The van der Waals surface area contributed by atoms with E-state index in [1.807, 2.05) is 44.3 Å². The van der Waals surface area contributed by atoms with Crippen LogP contribution in [0.5, 0.6) is 0 Å². The third-order valence-electron chi connectivity index (χ3n) is 3.51. The second-order valence-corrected chi connectivity index (χ2v) is 4.97. The molecule has 2 rings (SSSR count). The third kappa shape index (κ3) is 4.28. The van der Waals surface area contributed by atoms with Crippen LogP contribution >= 0.6 is 0 Å². The van der Waals surface area contributed by atoms with Crippen LogP contribution in [0.2, 0.25) is 0 Å². The molecule has 0 aliphatic rings. The smallest absolute Gasteiger partial charge is 0.123 e. The van der Waals surface area contributed by atoms with E-state index in [1.165, 1.54) is 5.56 Å². The summed E-state index contributed by atoms with van der Waals surface area (Å²) in [4.78, 5) is 4.04. The molecule has 3 N–H and O–H groups in total. The van der Waals surface area contributed by atoms with Gasteiger partial charge in [-0.05, 0) is 43.7 Å². The molecule has 0 saturated carbocycles. The highest BCUT2D eigenvalue weighted by Gasteiger charge is 2.22. The Morgan fingerprint density at radius 2 is 2.00 bits per heavy atom. The Balaban J connectivity index is 2.20. The highest BCUT2D eigenvalue weighted by Crippen LogP contribution is 2.24. The lowest BCUT2D eigenvalue weighted by Crippen LogP contribution is -2.35. The maximum absolute atomic E-state index is 5.97. The van der Waals surface area contributed by atoms with Crippen molar-refractivity contribution >= 4 is 5.82 Å². The van der Waals surface area contributed by atoms with E-state index in [-0.39, 0.29) is 12.1 Å². The van der Waals surface area contributed by atoms with Crippen LogP contribution < -0.4 is 11.1 Å². The molecule has 4 nitrogen and oxygen atoms in total. The zero-order valence-electron chi connectivity index (χ0n) is 12.6. The molecule has 2 atom stereocenters. The standard InChI is InChI=1S/C17H23N3O/c1-3-21-17(14-7-5-4-6-8-14)15(19-2)11-13-9-10-20-16(18)12-13/h4-10,12,15,17,19H,3,11H2,1-2H3,(H2,18,20). The first-order chi connectivity index (χ1) is 10.2. The lowest BCUT2D eigenvalue weighted by molar-refractivity contribution is 0.0352. The molecule has 0 saturated heterocycles. The highest BCUT2D eigenvalue weighted by atomic mass is 16.5. The van der Waals surface area contributed by atoms with E-state index in [0.717, 1.165) is 12.0 Å². The van der Waals surface area contributed by atoms with Crippen molar-refractivity contribution in [3.8, 4) is 0 Å². The Labute approximate surface area is 126 Å². The molecule has 0 amide bonds. The fourth-order valence-electron chi connectivity index (χ4n) is 2.50. The molecule has 21 heavy (non-hydrogen) atoms. The van der Waals surface area contributed by atoms with Crippen molar-refractivity contribution in [1.29, 1.82) is 0 Å². The van der Waals surface area contributed by atoms with E-state index in [4.69, 9.17) is 10.5 Å². The molecule has 112 valence electrons. The van der Waals surface area contributed by atoms with E-state index in [9.17, 15) is 0 Å². The number of rotatable bonds is 7. The molecule has 0 bridgehead atoms. The first-order valence-electron chi connectivity index (χ1n) is 7.28. The lowest BCUT2D eigenvalue weighted by atomic mass is 9.96. The molecule has 0 aliphatic carbocycles. The van der Waals surface area contributed by atoms with Gasteiger partial charge in [0.2, 0.25) is 0 Å². The minimum absolute atomic E-state index is 0.00981. The summed E-state index contributed by atoms with van der Waals surface area (Å²) in [6.45, 7) is 2.70. The second kappa shape index (κ2) is 7.76. The summed E-state index contributed by atoms with van der Waals surface area (Å²) in [7, 11) is 1.96. The number of pyridine rings is 1. The zero-order chi connectivity index (χ0) is 15.1. The van der Waals surface area contributed by atoms with Crippen molar-refractivity contribution in [2.45, 2.75) is 25.5 Å². The average molecular weight is 285 g/mol. The van der Waals surface area contributed by atoms with Crippen LogP contribution in [0.15, 0.2) is 48.7 Å². The van der Waals surface area contributed by atoms with Crippen molar-refractivity contribution in [3.05, 3.63) is 59.8 Å². The SMILES string of the molecule is CCOC(c1ccccc1)C(Cc1ccnc(N)c1)NC. The lowest BCUT2D eigenvalue weighted by Gasteiger charge is -2.27. The number of nitrogens with zero attached hydrogens (tertiary/aromatic N) is 1. The number of hydrogen-bond donors (Lipinski definition) is 2. The maximum Gasteiger partial charge on any atom is 0.123 e. The largest absolute Gasteiger partial charge is 0.384 e. The predicted octanol–water partition coefficient (Wildman–Crippen LogP) is 2.57.